The third-order valence-electron chi connectivity index (χ3n) is 2.14. The third-order valence-corrected chi connectivity index (χ3v) is 3.05. The van der Waals surface area contributed by atoms with Gasteiger partial charge in [0.1, 0.15) is 11.5 Å². The van der Waals surface area contributed by atoms with E-state index in [0.717, 1.165) is 0 Å². The van der Waals surface area contributed by atoms with E-state index in [0.29, 0.717) is 36.8 Å². The smallest absolute Gasteiger partial charge is 0.262 e. The van der Waals surface area contributed by atoms with Gasteiger partial charge in [0.25, 0.3) is 5.91 Å². The summed E-state index contributed by atoms with van der Waals surface area (Å²) in [7, 11) is 1.61. The van der Waals surface area contributed by atoms with Crippen molar-refractivity contribution in [3.8, 4) is 11.8 Å². The minimum absolute atomic E-state index is 0.174. The van der Waals surface area contributed by atoms with Gasteiger partial charge >= 0.3 is 0 Å². The van der Waals surface area contributed by atoms with Crippen molar-refractivity contribution in [1.29, 1.82) is 0 Å². The number of hydrogen-bond acceptors (Lipinski definition) is 5. The van der Waals surface area contributed by atoms with Gasteiger partial charge in [-0.1, -0.05) is 11.8 Å². The van der Waals surface area contributed by atoms with Gasteiger partial charge in [0.05, 0.1) is 19.8 Å². The topological polar surface area (TPSA) is 67.8 Å². The maximum absolute atomic E-state index is 11.9. The second-order valence-electron chi connectivity index (χ2n) is 3.48. The van der Waals surface area contributed by atoms with Gasteiger partial charge in [-0.3, -0.25) is 4.79 Å². The van der Waals surface area contributed by atoms with Crippen LogP contribution in [0.2, 0.25) is 0 Å². The molecule has 0 spiro atoms. The Morgan fingerprint density at radius 2 is 2.32 bits per heavy atom. The molecule has 0 radical (unpaired) electrons. The lowest BCUT2D eigenvalue weighted by Gasteiger charge is -2.05. The van der Waals surface area contributed by atoms with Crippen LogP contribution in [0.1, 0.15) is 15.2 Å². The lowest BCUT2D eigenvalue weighted by atomic mass is 10.2. The molecule has 0 aromatic carbocycles. The molecule has 0 saturated heterocycles. The summed E-state index contributed by atoms with van der Waals surface area (Å²) >= 11 is 1.32. The van der Waals surface area contributed by atoms with Crippen LogP contribution >= 0.6 is 11.3 Å². The molecular weight excluding hydrogens is 266 g/mol. The van der Waals surface area contributed by atoms with Crippen molar-refractivity contribution in [3.05, 3.63) is 21.9 Å². The normalized spacial score (nSPS) is 9.79. The monoisotopic (exact) mass is 283 g/mol. The largest absolute Gasteiger partial charge is 0.384 e. The minimum atomic E-state index is -0.218. The van der Waals surface area contributed by atoms with E-state index >= 15 is 0 Å². The van der Waals surface area contributed by atoms with Gasteiger partial charge in [-0.2, -0.15) is 0 Å². The number of aliphatic hydroxyl groups is 1. The van der Waals surface area contributed by atoms with Gasteiger partial charge in [0.15, 0.2) is 0 Å². The van der Waals surface area contributed by atoms with Crippen LogP contribution in [-0.4, -0.2) is 51.1 Å². The van der Waals surface area contributed by atoms with Crippen molar-refractivity contribution in [2.75, 3.05) is 40.1 Å². The van der Waals surface area contributed by atoms with Crippen LogP contribution in [-0.2, 0) is 9.47 Å². The van der Waals surface area contributed by atoms with E-state index in [9.17, 15) is 4.79 Å². The highest BCUT2D eigenvalue weighted by molar-refractivity contribution is 7.12. The molecule has 0 saturated carbocycles. The fraction of sp³-hybridized carbons (Fsp3) is 0.462. The molecule has 0 aliphatic heterocycles. The first kappa shape index (κ1) is 15.7. The lowest BCUT2D eigenvalue weighted by Crippen LogP contribution is -2.27. The number of amides is 1. The van der Waals surface area contributed by atoms with Crippen LogP contribution < -0.4 is 5.32 Å². The molecule has 2 N–H and O–H groups in total. The number of rotatable bonds is 7. The number of nitrogens with one attached hydrogen (secondary N) is 1. The zero-order valence-electron chi connectivity index (χ0n) is 10.8. The van der Waals surface area contributed by atoms with E-state index in [2.05, 4.69) is 17.2 Å². The highest BCUT2D eigenvalue weighted by Crippen LogP contribution is 2.15. The molecule has 0 bridgehead atoms. The Bertz CT molecular complexity index is 447. The zero-order chi connectivity index (χ0) is 13.9. The molecule has 1 heterocycles. The van der Waals surface area contributed by atoms with Crippen molar-refractivity contribution in [3.63, 3.8) is 0 Å². The maximum atomic E-state index is 11.9. The highest BCUT2D eigenvalue weighted by Gasteiger charge is 2.10. The number of aliphatic hydroxyl groups excluding tert-OH is 1. The molecule has 1 rings (SSSR count). The van der Waals surface area contributed by atoms with Gasteiger partial charge in [0.2, 0.25) is 0 Å². The van der Waals surface area contributed by atoms with Crippen molar-refractivity contribution >= 4 is 17.2 Å². The summed E-state index contributed by atoms with van der Waals surface area (Å²) in [5.74, 6) is 5.10. The van der Waals surface area contributed by atoms with E-state index in [1.54, 1.807) is 18.6 Å². The number of ether oxygens (including phenoxy) is 2. The van der Waals surface area contributed by atoms with Crippen molar-refractivity contribution in [2.45, 2.75) is 0 Å². The predicted molar refractivity (Wildman–Crippen MR) is 73.3 cm³/mol. The second-order valence-corrected chi connectivity index (χ2v) is 4.40. The van der Waals surface area contributed by atoms with Gasteiger partial charge < -0.3 is 19.9 Å². The molecular formula is C13H17NO4S. The standard InChI is InChI=1S/C13H17NO4S/c1-17-8-9-18-7-5-14-13(16)12-11(3-2-6-15)4-10-19-12/h4,10,15H,5-9H2,1H3,(H,14,16). The summed E-state index contributed by atoms with van der Waals surface area (Å²) in [4.78, 5) is 12.4. The second kappa shape index (κ2) is 9.53. The van der Waals surface area contributed by atoms with Crippen LogP contribution in [0.4, 0.5) is 0 Å². The van der Waals surface area contributed by atoms with Crippen molar-refractivity contribution in [1.82, 2.24) is 5.32 Å². The fourth-order valence-electron chi connectivity index (χ4n) is 1.28. The van der Waals surface area contributed by atoms with E-state index in [1.807, 2.05) is 0 Å². The molecule has 6 heteroatoms. The van der Waals surface area contributed by atoms with Crippen LogP contribution in [0.25, 0.3) is 0 Å². The van der Waals surface area contributed by atoms with Crippen molar-refractivity contribution in [2.24, 2.45) is 0 Å². The average Bonchev–Trinajstić information content (AvgIpc) is 2.88. The minimum Gasteiger partial charge on any atom is -0.384 e. The predicted octanol–water partition coefficient (Wildman–Crippen LogP) is 0.485. The van der Waals surface area contributed by atoms with Crippen LogP contribution in [0, 0.1) is 11.8 Å². The summed E-state index contributed by atoms with van der Waals surface area (Å²) in [6.07, 6.45) is 0. The molecule has 0 unspecified atom stereocenters. The molecule has 104 valence electrons. The Morgan fingerprint density at radius 1 is 1.47 bits per heavy atom. The Kier molecular flexibility index (Phi) is 7.86. The number of thiophene rings is 1. The molecule has 19 heavy (non-hydrogen) atoms. The van der Waals surface area contributed by atoms with E-state index < -0.39 is 0 Å². The Labute approximate surface area is 116 Å². The fourth-order valence-corrected chi connectivity index (χ4v) is 2.05. The Morgan fingerprint density at radius 3 is 3.05 bits per heavy atom. The van der Waals surface area contributed by atoms with Gasteiger partial charge in [0, 0.05) is 19.2 Å². The summed E-state index contributed by atoms with van der Waals surface area (Å²) in [6, 6.07) is 1.76. The highest BCUT2D eigenvalue weighted by atomic mass is 32.1. The number of carbonyl (C=O) groups excluding carboxylic acids is 1. The van der Waals surface area contributed by atoms with Crippen LogP contribution in [0.3, 0.4) is 0 Å². The van der Waals surface area contributed by atoms with Gasteiger partial charge in [-0.05, 0) is 11.4 Å². The SMILES string of the molecule is COCCOCCNC(=O)c1sccc1C#CCO. The summed E-state index contributed by atoms with van der Waals surface area (Å²) < 4.78 is 10.1. The molecule has 0 aliphatic rings. The first-order valence-electron chi connectivity index (χ1n) is 5.81. The van der Waals surface area contributed by atoms with Crippen LogP contribution in [0.5, 0.6) is 0 Å². The Hall–Kier alpha value is -1.39. The first-order chi connectivity index (χ1) is 9.29. The average molecular weight is 283 g/mol. The molecule has 0 atom stereocenters. The summed E-state index contributed by atoms with van der Waals surface area (Å²) in [5.41, 5.74) is 0.636. The molecule has 1 aromatic rings. The lowest BCUT2D eigenvalue weighted by molar-refractivity contribution is 0.0693. The van der Waals surface area contributed by atoms with E-state index in [-0.39, 0.29) is 12.5 Å². The van der Waals surface area contributed by atoms with Crippen molar-refractivity contribution < 1.29 is 19.4 Å². The molecule has 1 aromatic heterocycles. The first-order valence-corrected chi connectivity index (χ1v) is 6.69. The van der Waals surface area contributed by atoms with Gasteiger partial charge in [-0.25, -0.2) is 0 Å². The van der Waals surface area contributed by atoms with Crippen LogP contribution in [0.15, 0.2) is 11.4 Å². The van der Waals surface area contributed by atoms with E-state index in [1.165, 1.54) is 11.3 Å². The van der Waals surface area contributed by atoms with E-state index in [4.69, 9.17) is 14.6 Å². The zero-order valence-corrected chi connectivity index (χ0v) is 11.6. The third kappa shape index (κ3) is 5.85. The molecule has 0 aliphatic carbocycles. The summed E-state index contributed by atoms with van der Waals surface area (Å²) in [5, 5.41) is 13.2. The summed E-state index contributed by atoms with van der Waals surface area (Å²) in [6.45, 7) is 1.72. The molecule has 5 nitrogen and oxygen atoms in total. The number of methoxy groups -OCH3 is 1. The maximum Gasteiger partial charge on any atom is 0.262 e. The number of carbonyl (C=O) groups is 1. The quantitative estimate of drug-likeness (QED) is 0.564. The molecule has 0 fully saturated rings. The number of hydrogen-bond donors (Lipinski definition) is 2. The Balaban J connectivity index is 2.35. The van der Waals surface area contributed by atoms with Gasteiger partial charge in [-0.15, -0.1) is 11.3 Å². The molecule has 1 amide bonds.